The van der Waals surface area contributed by atoms with Crippen LogP contribution in [0.1, 0.15) is 54.0 Å². The van der Waals surface area contributed by atoms with Crippen LogP contribution in [0.5, 0.6) is 0 Å². The predicted molar refractivity (Wildman–Crippen MR) is 92.6 cm³/mol. The standard InChI is InChI=1S/C17H19ClN6O/c1-9-12(6-19)17(20-7-13(9)18)24-8-11(25-2)5-14(24)16-21-15(22-23-16)10-3-4-10/h7,10-11,14H,3-5,8H2,1-2H3,(H,21,22,23)/t11-,14+/m1/s1. The Hall–Kier alpha value is -2.17. The highest BCUT2D eigenvalue weighted by Crippen LogP contribution is 2.41. The second-order valence-electron chi connectivity index (χ2n) is 6.66. The number of aromatic amines is 1. The number of nitriles is 1. The van der Waals surface area contributed by atoms with Gasteiger partial charge in [0.2, 0.25) is 0 Å². The van der Waals surface area contributed by atoms with Gasteiger partial charge in [-0.1, -0.05) is 11.6 Å². The van der Waals surface area contributed by atoms with Crippen molar-refractivity contribution in [3.8, 4) is 6.07 Å². The summed E-state index contributed by atoms with van der Waals surface area (Å²) in [6, 6.07) is 2.19. The van der Waals surface area contributed by atoms with Gasteiger partial charge in [-0.05, 0) is 25.3 Å². The molecule has 0 unspecified atom stereocenters. The number of hydrogen-bond acceptors (Lipinski definition) is 6. The fraction of sp³-hybridized carbons (Fsp3) is 0.529. The third-order valence-corrected chi connectivity index (χ3v) is 5.40. The number of methoxy groups -OCH3 is 1. The summed E-state index contributed by atoms with van der Waals surface area (Å²) in [6.07, 6.45) is 4.72. The van der Waals surface area contributed by atoms with E-state index in [1.165, 1.54) is 0 Å². The molecule has 1 saturated carbocycles. The molecule has 2 aromatic rings. The van der Waals surface area contributed by atoms with Crippen molar-refractivity contribution in [1.82, 2.24) is 20.2 Å². The molecule has 0 spiro atoms. The zero-order valence-electron chi connectivity index (χ0n) is 14.2. The van der Waals surface area contributed by atoms with Gasteiger partial charge < -0.3 is 9.64 Å². The predicted octanol–water partition coefficient (Wildman–Crippen LogP) is 2.88. The molecule has 2 atom stereocenters. The smallest absolute Gasteiger partial charge is 0.153 e. The molecule has 0 radical (unpaired) electrons. The average molecular weight is 359 g/mol. The molecule has 2 fully saturated rings. The largest absolute Gasteiger partial charge is 0.380 e. The lowest BCUT2D eigenvalue weighted by Crippen LogP contribution is -2.27. The van der Waals surface area contributed by atoms with Crippen LogP contribution < -0.4 is 4.90 Å². The van der Waals surface area contributed by atoms with Gasteiger partial charge in [0.05, 0.1) is 22.7 Å². The minimum absolute atomic E-state index is 0.0452. The van der Waals surface area contributed by atoms with Gasteiger partial charge >= 0.3 is 0 Å². The molecule has 0 amide bonds. The molecule has 2 aromatic heterocycles. The van der Waals surface area contributed by atoms with Gasteiger partial charge in [-0.25, -0.2) is 9.97 Å². The third kappa shape index (κ3) is 2.86. The van der Waals surface area contributed by atoms with Gasteiger partial charge in [0.15, 0.2) is 5.82 Å². The summed E-state index contributed by atoms with van der Waals surface area (Å²) in [5.41, 5.74) is 1.24. The first-order valence-corrected chi connectivity index (χ1v) is 8.77. The Morgan fingerprint density at radius 1 is 1.44 bits per heavy atom. The first-order valence-electron chi connectivity index (χ1n) is 8.39. The van der Waals surface area contributed by atoms with Crippen LogP contribution in [0.25, 0.3) is 0 Å². The van der Waals surface area contributed by atoms with Crippen LogP contribution in [0, 0.1) is 18.3 Å². The van der Waals surface area contributed by atoms with Crippen molar-refractivity contribution >= 4 is 17.4 Å². The second-order valence-corrected chi connectivity index (χ2v) is 7.06. The van der Waals surface area contributed by atoms with Crippen molar-refractivity contribution < 1.29 is 4.74 Å². The summed E-state index contributed by atoms with van der Waals surface area (Å²) in [4.78, 5) is 11.2. The maximum atomic E-state index is 9.61. The molecule has 4 rings (SSSR count). The Morgan fingerprint density at radius 3 is 2.92 bits per heavy atom. The molecule has 1 aliphatic carbocycles. The minimum atomic E-state index is -0.0508. The highest BCUT2D eigenvalue weighted by molar-refractivity contribution is 6.31. The van der Waals surface area contributed by atoms with Crippen LogP contribution in [0.2, 0.25) is 5.02 Å². The Morgan fingerprint density at radius 2 is 2.24 bits per heavy atom. The van der Waals surface area contributed by atoms with Gasteiger partial charge in [-0.2, -0.15) is 10.4 Å². The van der Waals surface area contributed by atoms with Crippen LogP contribution in [0.15, 0.2) is 6.20 Å². The van der Waals surface area contributed by atoms with Crippen LogP contribution in [0.4, 0.5) is 5.82 Å². The van der Waals surface area contributed by atoms with Crippen molar-refractivity contribution in [3.05, 3.63) is 34.0 Å². The highest BCUT2D eigenvalue weighted by Gasteiger charge is 2.38. The lowest BCUT2D eigenvalue weighted by atomic mass is 10.1. The van der Waals surface area contributed by atoms with E-state index in [2.05, 4.69) is 26.2 Å². The van der Waals surface area contributed by atoms with E-state index in [-0.39, 0.29) is 12.1 Å². The monoisotopic (exact) mass is 358 g/mol. The zero-order valence-corrected chi connectivity index (χ0v) is 14.9. The number of anilines is 1. The molecule has 130 valence electrons. The topological polar surface area (TPSA) is 90.7 Å². The zero-order chi connectivity index (χ0) is 17.6. The first kappa shape index (κ1) is 16.3. The molecular weight excluding hydrogens is 340 g/mol. The molecule has 1 aliphatic heterocycles. The summed E-state index contributed by atoms with van der Waals surface area (Å²) in [6.45, 7) is 2.48. The Labute approximate surface area is 151 Å². The van der Waals surface area contributed by atoms with Crippen molar-refractivity contribution in [3.63, 3.8) is 0 Å². The summed E-state index contributed by atoms with van der Waals surface area (Å²) in [5, 5.41) is 17.5. The summed E-state index contributed by atoms with van der Waals surface area (Å²) >= 11 is 6.14. The van der Waals surface area contributed by atoms with Gasteiger partial charge in [-0.15, -0.1) is 0 Å². The highest BCUT2D eigenvalue weighted by atomic mass is 35.5. The number of ether oxygens (including phenoxy) is 1. The number of pyridine rings is 1. The van der Waals surface area contributed by atoms with Crippen LogP contribution in [-0.2, 0) is 4.74 Å². The SMILES string of the molecule is CO[C@@H]1C[C@@H](c2nc(C3CC3)n[nH]2)N(c2ncc(Cl)c(C)c2C#N)C1. The van der Waals surface area contributed by atoms with Gasteiger partial charge in [0, 0.05) is 32.2 Å². The van der Waals surface area contributed by atoms with E-state index in [1.54, 1.807) is 13.3 Å². The van der Waals surface area contributed by atoms with E-state index in [0.717, 1.165) is 36.5 Å². The maximum Gasteiger partial charge on any atom is 0.153 e. The van der Waals surface area contributed by atoms with Crippen LogP contribution in [0.3, 0.4) is 0 Å². The maximum absolute atomic E-state index is 9.61. The van der Waals surface area contributed by atoms with Gasteiger partial charge in [0.1, 0.15) is 17.7 Å². The fourth-order valence-corrected chi connectivity index (χ4v) is 3.48. The molecular formula is C17H19ClN6O. The van der Waals surface area contributed by atoms with Crippen molar-refractivity contribution in [1.29, 1.82) is 5.26 Å². The summed E-state index contributed by atoms with van der Waals surface area (Å²) in [5.74, 6) is 2.80. The van der Waals surface area contributed by atoms with E-state index < -0.39 is 0 Å². The molecule has 2 aliphatic rings. The Balaban J connectivity index is 1.73. The quantitative estimate of drug-likeness (QED) is 0.903. The Kier molecular flexibility index (Phi) is 4.10. The van der Waals surface area contributed by atoms with E-state index in [9.17, 15) is 5.26 Å². The van der Waals surface area contributed by atoms with E-state index >= 15 is 0 Å². The minimum Gasteiger partial charge on any atom is -0.380 e. The van der Waals surface area contributed by atoms with Crippen LogP contribution in [-0.4, -0.2) is 39.9 Å². The number of rotatable bonds is 4. The average Bonchev–Trinajstić information content (AvgIpc) is 3.20. The number of hydrogen-bond donors (Lipinski definition) is 1. The molecule has 3 heterocycles. The number of halogens is 1. The number of nitrogens with one attached hydrogen (secondary N) is 1. The number of H-pyrrole nitrogens is 1. The molecule has 7 nitrogen and oxygen atoms in total. The van der Waals surface area contributed by atoms with E-state index in [4.69, 9.17) is 21.3 Å². The molecule has 0 aromatic carbocycles. The van der Waals surface area contributed by atoms with Crippen molar-refractivity contribution in [2.45, 2.75) is 44.2 Å². The Bertz CT molecular complexity index is 840. The number of aromatic nitrogens is 4. The lowest BCUT2D eigenvalue weighted by Gasteiger charge is -2.25. The van der Waals surface area contributed by atoms with Crippen molar-refractivity contribution in [2.75, 3.05) is 18.6 Å². The molecule has 1 N–H and O–H groups in total. The number of nitrogens with zero attached hydrogens (tertiary/aromatic N) is 5. The van der Waals surface area contributed by atoms with E-state index in [1.807, 2.05) is 6.92 Å². The van der Waals surface area contributed by atoms with Crippen molar-refractivity contribution in [2.24, 2.45) is 0 Å². The molecule has 0 bridgehead atoms. The summed E-state index contributed by atoms with van der Waals surface area (Å²) in [7, 11) is 1.70. The van der Waals surface area contributed by atoms with Gasteiger partial charge in [-0.3, -0.25) is 5.10 Å². The molecule has 25 heavy (non-hydrogen) atoms. The second kappa shape index (κ2) is 6.28. The molecule has 1 saturated heterocycles. The first-order chi connectivity index (χ1) is 12.1. The van der Waals surface area contributed by atoms with E-state index in [0.29, 0.717) is 28.9 Å². The van der Waals surface area contributed by atoms with Crippen LogP contribution >= 0.6 is 11.6 Å². The van der Waals surface area contributed by atoms with Gasteiger partial charge in [0.25, 0.3) is 0 Å². The summed E-state index contributed by atoms with van der Waals surface area (Å²) < 4.78 is 5.57. The molecule has 8 heteroatoms. The normalized spacial score (nSPS) is 23.0. The lowest BCUT2D eigenvalue weighted by molar-refractivity contribution is 0.118. The third-order valence-electron chi connectivity index (χ3n) is 5.02. The fourth-order valence-electron chi connectivity index (χ4n) is 3.34.